The van der Waals surface area contributed by atoms with Crippen molar-refractivity contribution in [2.75, 3.05) is 10.6 Å². The minimum absolute atomic E-state index is 0.315. The maximum Gasteiger partial charge on any atom is 0.416 e. The van der Waals surface area contributed by atoms with E-state index in [2.05, 4.69) is 15.7 Å². The second kappa shape index (κ2) is 8.82. The number of anilines is 2. The Balaban J connectivity index is 1.67. The fourth-order valence-electron chi connectivity index (χ4n) is 3.53. The van der Waals surface area contributed by atoms with Crippen molar-refractivity contribution in [2.45, 2.75) is 20.0 Å². The fourth-order valence-corrected chi connectivity index (χ4v) is 3.53. The molecule has 0 aliphatic heterocycles. The molecule has 0 radical (unpaired) electrons. The number of benzene rings is 3. The predicted molar refractivity (Wildman–Crippen MR) is 123 cm³/mol. The van der Waals surface area contributed by atoms with Gasteiger partial charge >= 0.3 is 12.2 Å². The Labute approximate surface area is 188 Å². The van der Waals surface area contributed by atoms with E-state index in [0.717, 1.165) is 28.8 Å². The van der Waals surface area contributed by atoms with Crippen LogP contribution in [0, 0.1) is 13.8 Å². The molecule has 1 heterocycles. The molecule has 4 rings (SSSR count). The minimum Gasteiger partial charge on any atom is -0.308 e. The third-order valence-corrected chi connectivity index (χ3v) is 4.94. The first-order valence-corrected chi connectivity index (χ1v) is 10.2. The lowest BCUT2D eigenvalue weighted by Gasteiger charge is -2.12. The summed E-state index contributed by atoms with van der Waals surface area (Å²) in [5.41, 5.74) is 3.64. The van der Waals surface area contributed by atoms with E-state index in [1.54, 1.807) is 6.07 Å². The predicted octanol–water partition coefficient (Wildman–Crippen LogP) is 6.82. The molecule has 3 aromatic carbocycles. The first-order chi connectivity index (χ1) is 15.7. The van der Waals surface area contributed by atoms with Crippen molar-refractivity contribution in [1.82, 2.24) is 9.78 Å². The largest absolute Gasteiger partial charge is 0.416 e. The first-order valence-electron chi connectivity index (χ1n) is 10.2. The Morgan fingerprint density at radius 1 is 0.848 bits per heavy atom. The van der Waals surface area contributed by atoms with Gasteiger partial charge in [0.05, 0.1) is 16.9 Å². The van der Waals surface area contributed by atoms with Gasteiger partial charge in [0.2, 0.25) is 0 Å². The van der Waals surface area contributed by atoms with Crippen LogP contribution in [0.3, 0.4) is 0 Å². The number of carbonyl (C=O) groups excluding carboxylic acids is 1. The van der Waals surface area contributed by atoms with Gasteiger partial charge in [-0.15, -0.1) is 0 Å². The summed E-state index contributed by atoms with van der Waals surface area (Å²) in [5, 5.41) is 10.1. The third kappa shape index (κ3) is 5.23. The second-order valence-electron chi connectivity index (χ2n) is 7.69. The lowest BCUT2D eigenvalue weighted by atomic mass is 10.1. The molecule has 0 atom stereocenters. The van der Waals surface area contributed by atoms with Gasteiger partial charge in [-0.1, -0.05) is 36.4 Å². The number of rotatable bonds is 4. The zero-order chi connectivity index (χ0) is 23.6. The quantitative estimate of drug-likeness (QED) is 0.358. The van der Waals surface area contributed by atoms with Crippen molar-refractivity contribution in [1.29, 1.82) is 0 Å². The average Bonchev–Trinajstić information content (AvgIpc) is 3.16. The van der Waals surface area contributed by atoms with E-state index in [0.29, 0.717) is 22.9 Å². The molecule has 0 spiro atoms. The Bertz CT molecular complexity index is 1260. The number of carbonyl (C=O) groups is 1. The molecule has 2 N–H and O–H groups in total. The van der Waals surface area contributed by atoms with E-state index in [-0.39, 0.29) is 0 Å². The van der Waals surface area contributed by atoms with Crippen LogP contribution in [-0.2, 0) is 6.18 Å². The van der Waals surface area contributed by atoms with Gasteiger partial charge in [0, 0.05) is 17.3 Å². The number of nitrogens with zero attached hydrogens (tertiary/aromatic N) is 2. The van der Waals surface area contributed by atoms with E-state index < -0.39 is 17.8 Å². The van der Waals surface area contributed by atoms with Gasteiger partial charge in [0.15, 0.2) is 0 Å². The highest BCUT2D eigenvalue weighted by molar-refractivity contribution is 5.99. The molecule has 2 amide bonds. The van der Waals surface area contributed by atoms with Crippen LogP contribution in [0.4, 0.5) is 29.5 Å². The number of aromatic nitrogens is 2. The number of hydrogen-bond donors (Lipinski definition) is 2. The number of amides is 2. The maximum atomic E-state index is 13.0. The van der Waals surface area contributed by atoms with Crippen LogP contribution in [0.15, 0.2) is 78.9 Å². The molecule has 0 saturated heterocycles. The SMILES string of the molecule is Cc1cc(C)cc(NC(=O)Nc2cc(-c3ccccc3)nn2-c2ccc(C(F)(F)F)cc2)c1. The van der Waals surface area contributed by atoms with Crippen molar-refractivity contribution >= 4 is 17.5 Å². The Morgan fingerprint density at radius 3 is 2.09 bits per heavy atom. The Kier molecular flexibility index (Phi) is 5.91. The molecule has 1 aromatic heterocycles. The van der Waals surface area contributed by atoms with Crippen LogP contribution < -0.4 is 10.6 Å². The van der Waals surface area contributed by atoms with Gasteiger partial charge in [0.25, 0.3) is 0 Å². The minimum atomic E-state index is -4.44. The smallest absolute Gasteiger partial charge is 0.308 e. The highest BCUT2D eigenvalue weighted by Gasteiger charge is 2.30. The molecule has 0 fully saturated rings. The normalized spacial score (nSPS) is 11.3. The maximum absolute atomic E-state index is 13.0. The highest BCUT2D eigenvalue weighted by atomic mass is 19.4. The van der Waals surface area contributed by atoms with Crippen LogP contribution in [-0.4, -0.2) is 15.8 Å². The van der Waals surface area contributed by atoms with E-state index in [9.17, 15) is 18.0 Å². The molecular formula is C25H21F3N4O. The summed E-state index contributed by atoms with van der Waals surface area (Å²) in [6.45, 7) is 3.86. The van der Waals surface area contributed by atoms with Gasteiger partial charge in [-0.3, -0.25) is 5.32 Å². The van der Waals surface area contributed by atoms with Crippen LogP contribution in [0.2, 0.25) is 0 Å². The summed E-state index contributed by atoms with van der Waals surface area (Å²) < 4.78 is 40.3. The summed E-state index contributed by atoms with van der Waals surface area (Å²) in [7, 11) is 0. The van der Waals surface area contributed by atoms with Crippen LogP contribution in [0.25, 0.3) is 16.9 Å². The summed E-state index contributed by atoms with van der Waals surface area (Å²) >= 11 is 0. The summed E-state index contributed by atoms with van der Waals surface area (Å²) in [6, 6.07) is 20.8. The van der Waals surface area contributed by atoms with Gasteiger partial charge in [-0.05, 0) is 61.4 Å². The fraction of sp³-hybridized carbons (Fsp3) is 0.120. The topological polar surface area (TPSA) is 59.0 Å². The molecule has 33 heavy (non-hydrogen) atoms. The van der Waals surface area contributed by atoms with Crippen molar-refractivity contribution in [3.05, 3.63) is 95.6 Å². The summed E-state index contributed by atoms with van der Waals surface area (Å²) in [5.74, 6) is 0.315. The zero-order valence-electron chi connectivity index (χ0n) is 17.9. The Hall–Kier alpha value is -4.07. The number of urea groups is 1. The molecule has 0 bridgehead atoms. The van der Waals surface area contributed by atoms with Crippen molar-refractivity contribution < 1.29 is 18.0 Å². The molecule has 0 aliphatic carbocycles. The van der Waals surface area contributed by atoms with Crippen LogP contribution >= 0.6 is 0 Å². The zero-order valence-corrected chi connectivity index (χ0v) is 17.9. The van der Waals surface area contributed by atoms with E-state index in [4.69, 9.17) is 0 Å². The van der Waals surface area contributed by atoms with Crippen LogP contribution in [0.1, 0.15) is 16.7 Å². The van der Waals surface area contributed by atoms with Crippen LogP contribution in [0.5, 0.6) is 0 Å². The van der Waals surface area contributed by atoms with Gasteiger partial charge < -0.3 is 5.32 Å². The van der Waals surface area contributed by atoms with E-state index >= 15 is 0 Å². The summed E-state index contributed by atoms with van der Waals surface area (Å²) in [4.78, 5) is 12.7. The molecule has 8 heteroatoms. The molecule has 0 aliphatic rings. The van der Waals surface area contributed by atoms with Gasteiger partial charge in [-0.2, -0.15) is 18.3 Å². The van der Waals surface area contributed by atoms with E-state index in [1.165, 1.54) is 16.8 Å². The number of aryl methyl sites for hydroxylation is 2. The molecule has 0 unspecified atom stereocenters. The number of alkyl halides is 3. The van der Waals surface area contributed by atoms with Crippen molar-refractivity contribution in [3.63, 3.8) is 0 Å². The summed E-state index contributed by atoms with van der Waals surface area (Å²) in [6.07, 6.45) is -4.44. The number of nitrogens with one attached hydrogen (secondary N) is 2. The van der Waals surface area contributed by atoms with Crippen molar-refractivity contribution in [3.8, 4) is 16.9 Å². The highest BCUT2D eigenvalue weighted by Crippen LogP contribution is 2.31. The third-order valence-electron chi connectivity index (χ3n) is 4.94. The van der Waals surface area contributed by atoms with Crippen molar-refractivity contribution in [2.24, 2.45) is 0 Å². The molecule has 0 saturated carbocycles. The first kappa shape index (κ1) is 22.1. The number of halogens is 3. The second-order valence-corrected chi connectivity index (χ2v) is 7.69. The standard InChI is InChI=1S/C25H21F3N4O/c1-16-12-17(2)14-20(13-16)29-24(33)30-23-15-22(18-6-4-3-5-7-18)31-32(23)21-10-8-19(9-11-21)25(26,27)28/h3-15H,1-2H3,(H2,29,30,33). The molecule has 168 valence electrons. The van der Waals surface area contributed by atoms with E-state index in [1.807, 2.05) is 62.4 Å². The lowest BCUT2D eigenvalue weighted by Crippen LogP contribution is -2.21. The molecular weight excluding hydrogens is 429 g/mol. The average molecular weight is 450 g/mol. The van der Waals surface area contributed by atoms with Gasteiger partial charge in [-0.25, -0.2) is 9.48 Å². The number of hydrogen-bond acceptors (Lipinski definition) is 2. The molecule has 5 nitrogen and oxygen atoms in total. The lowest BCUT2D eigenvalue weighted by molar-refractivity contribution is -0.137. The van der Waals surface area contributed by atoms with Gasteiger partial charge in [0.1, 0.15) is 5.82 Å². The Morgan fingerprint density at radius 2 is 1.48 bits per heavy atom. The monoisotopic (exact) mass is 450 g/mol. The molecule has 4 aromatic rings.